The Bertz CT molecular complexity index is 595. The van der Waals surface area contributed by atoms with Crippen LogP contribution in [0, 0.1) is 5.92 Å². The van der Waals surface area contributed by atoms with Gasteiger partial charge in [-0.25, -0.2) is 4.79 Å². The molecule has 130 valence electrons. The van der Waals surface area contributed by atoms with Crippen LogP contribution in [0.4, 0.5) is 0 Å². The maximum Gasteiger partial charge on any atom is 0.335 e. The molecule has 0 bridgehead atoms. The van der Waals surface area contributed by atoms with Crippen LogP contribution < -0.4 is 0 Å². The van der Waals surface area contributed by atoms with Gasteiger partial charge >= 0.3 is 5.97 Å². The zero-order valence-corrected chi connectivity index (χ0v) is 13.9. The Morgan fingerprint density at radius 2 is 1.92 bits per heavy atom. The van der Waals surface area contributed by atoms with E-state index < -0.39 is 5.97 Å². The molecule has 0 unspecified atom stereocenters. The van der Waals surface area contributed by atoms with E-state index in [9.17, 15) is 14.7 Å². The average molecular weight is 331 g/mol. The molecule has 0 radical (unpaired) electrons. The first-order valence-corrected chi connectivity index (χ1v) is 8.85. The Morgan fingerprint density at radius 1 is 1.17 bits per heavy atom. The van der Waals surface area contributed by atoms with Gasteiger partial charge in [-0.3, -0.25) is 4.79 Å². The maximum absolute atomic E-state index is 12.7. The molecule has 5 nitrogen and oxygen atoms in total. The van der Waals surface area contributed by atoms with Crippen molar-refractivity contribution < 1.29 is 19.4 Å². The number of aryl methyl sites for hydroxylation is 1. The number of carbonyl (C=O) groups excluding carboxylic acids is 1. The van der Waals surface area contributed by atoms with Gasteiger partial charge in [-0.2, -0.15) is 0 Å². The summed E-state index contributed by atoms with van der Waals surface area (Å²) in [7, 11) is 0. The highest BCUT2D eigenvalue weighted by Gasteiger charge is 2.35. The lowest BCUT2D eigenvalue weighted by molar-refractivity contribution is -0.133. The summed E-state index contributed by atoms with van der Waals surface area (Å²) >= 11 is 0. The Balaban J connectivity index is 1.61. The fourth-order valence-corrected chi connectivity index (χ4v) is 4.03. The van der Waals surface area contributed by atoms with Crippen molar-refractivity contribution in [2.75, 3.05) is 19.8 Å². The molecule has 0 spiro atoms. The van der Waals surface area contributed by atoms with Gasteiger partial charge < -0.3 is 14.7 Å². The van der Waals surface area contributed by atoms with E-state index in [1.165, 1.54) is 0 Å². The quantitative estimate of drug-likeness (QED) is 0.901. The fourth-order valence-electron chi connectivity index (χ4n) is 4.03. The Hall–Kier alpha value is -1.88. The Morgan fingerprint density at radius 3 is 2.67 bits per heavy atom. The highest BCUT2D eigenvalue weighted by atomic mass is 16.5. The zero-order valence-electron chi connectivity index (χ0n) is 13.9. The molecule has 5 heteroatoms. The number of benzene rings is 1. The van der Waals surface area contributed by atoms with Crippen molar-refractivity contribution in [3.05, 3.63) is 35.4 Å². The number of carboxylic acid groups (broad SMARTS) is 1. The van der Waals surface area contributed by atoms with Crippen LogP contribution >= 0.6 is 0 Å². The van der Waals surface area contributed by atoms with E-state index >= 15 is 0 Å². The second-order valence-corrected chi connectivity index (χ2v) is 6.71. The van der Waals surface area contributed by atoms with Crippen LogP contribution in [0.25, 0.3) is 0 Å². The number of hydrogen-bond acceptors (Lipinski definition) is 3. The van der Waals surface area contributed by atoms with Crippen molar-refractivity contribution in [3.8, 4) is 0 Å². The Labute approximate surface area is 142 Å². The molecule has 1 amide bonds. The summed E-state index contributed by atoms with van der Waals surface area (Å²) in [5.74, 6) is -0.222. The molecule has 2 saturated heterocycles. The minimum atomic E-state index is -0.931. The van der Waals surface area contributed by atoms with E-state index in [0.29, 0.717) is 30.4 Å². The molecule has 1 atom stereocenters. The third-order valence-corrected chi connectivity index (χ3v) is 5.29. The summed E-state index contributed by atoms with van der Waals surface area (Å²) in [6.07, 6.45) is 5.09. The number of rotatable bonds is 5. The van der Waals surface area contributed by atoms with Crippen LogP contribution in [-0.2, 0) is 16.0 Å². The highest BCUT2D eigenvalue weighted by Crippen LogP contribution is 2.31. The molecule has 1 aromatic carbocycles. The molecule has 0 saturated carbocycles. The first kappa shape index (κ1) is 17.0. The standard InChI is InChI=1S/C19H25NO4/c21-18(8-7-14-4-1-2-5-16(14)19(22)23)20-11-3-6-17(20)15-9-12-24-13-10-15/h1-2,4-5,15,17H,3,6-13H2,(H,22,23)/t17-/m1/s1. The first-order chi connectivity index (χ1) is 11.7. The lowest BCUT2D eigenvalue weighted by Gasteiger charge is -2.34. The van der Waals surface area contributed by atoms with Crippen molar-refractivity contribution in [2.24, 2.45) is 5.92 Å². The topological polar surface area (TPSA) is 66.8 Å². The molecule has 24 heavy (non-hydrogen) atoms. The molecule has 2 aliphatic heterocycles. The predicted molar refractivity (Wildman–Crippen MR) is 90.0 cm³/mol. The second kappa shape index (κ2) is 7.79. The summed E-state index contributed by atoms with van der Waals surface area (Å²) in [5.41, 5.74) is 1.04. The summed E-state index contributed by atoms with van der Waals surface area (Å²) in [4.78, 5) is 26.0. The van der Waals surface area contributed by atoms with Crippen LogP contribution in [0.3, 0.4) is 0 Å². The van der Waals surface area contributed by atoms with Gasteiger partial charge in [0.1, 0.15) is 0 Å². The number of aromatic carboxylic acids is 1. The Kier molecular flexibility index (Phi) is 5.51. The van der Waals surface area contributed by atoms with Gasteiger partial charge in [-0.15, -0.1) is 0 Å². The summed E-state index contributed by atoms with van der Waals surface area (Å²) in [6, 6.07) is 7.29. The van der Waals surface area contributed by atoms with Crippen LogP contribution in [0.1, 0.15) is 48.0 Å². The number of amides is 1. The van der Waals surface area contributed by atoms with E-state index in [0.717, 1.165) is 51.0 Å². The number of carbonyl (C=O) groups is 2. The van der Waals surface area contributed by atoms with E-state index in [4.69, 9.17) is 4.74 Å². The monoisotopic (exact) mass is 331 g/mol. The molecule has 2 aliphatic rings. The number of likely N-dealkylation sites (tertiary alicyclic amines) is 1. The lowest BCUT2D eigenvalue weighted by atomic mass is 9.90. The summed E-state index contributed by atoms with van der Waals surface area (Å²) < 4.78 is 5.44. The van der Waals surface area contributed by atoms with Gasteiger partial charge in [0.05, 0.1) is 5.56 Å². The van der Waals surface area contributed by atoms with Crippen LogP contribution in [0.2, 0.25) is 0 Å². The lowest BCUT2D eigenvalue weighted by Crippen LogP contribution is -2.42. The third-order valence-electron chi connectivity index (χ3n) is 5.29. The number of ether oxygens (including phenoxy) is 1. The first-order valence-electron chi connectivity index (χ1n) is 8.85. The fraction of sp³-hybridized carbons (Fsp3) is 0.579. The number of nitrogens with zero attached hydrogens (tertiary/aromatic N) is 1. The third kappa shape index (κ3) is 3.78. The highest BCUT2D eigenvalue weighted by molar-refractivity contribution is 5.89. The molecule has 2 fully saturated rings. The van der Waals surface area contributed by atoms with Crippen LogP contribution in [-0.4, -0.2) is 47.7 Å². The molecule has 0 aromatic heterocycles. The van der Waals surface area contributed by atoms with Gasteiger partial charge in [0.25, 0.3) is 0 Å². The summed E-state index contributed by atoms with van der Waals surface area (Å²) in [6.45, 7) is 2.44. The van der Waals surface area contributed by atoms with Gasteiger partial charge in [0.15, 0.2) is 0 Å². The molecule has 3 rings (SSSR count). The minimum Gasteiger partial charge on any atom is -0.478 e. The molecule has 2 heterocycles. The van der Waals surface area contributed by atoms with Gasteiger partial charge in [0, 0.05) is 32.2 Å². The SMILES string of the molecule is O=C(O)c1ccccc1CCC(=O)N1CCC[C@@H]1C1CCOCC1. The van der Waals surface area contributed by atoms with Gasteiger partial charge in [0.2, 0.25) is 5.91 Å². The number of carboxylic acids is 1. The summed E-state index contributed by atoms with van der Waals surface area (Å²) in [5, 5.41) is 9.25. The van der Waals surface area contributed by atoms with E-state index in [2.05, 4.69) is 0 Å². The normalized spacial score (nSPS) is 21.8. The molecular weight excluding hydrogens is 306 g/mol. The molecular formula is C19H25NO4. The van der Waals surface area contributed by atoms with Crippen molar-refractivity contribution >= 4 is 11.9 Å². The largest absolute Gasteiger partial charge is 0.478 e. The average Bonchev–Trinajstić information content (AvgIpc) is 3.10. The predicted octanol–water partition coefficient (Wildman–Crippen LogP) is 2.74. The van der Waals surface area contributed by atoms with Crippen LogP contribution in [0.5, 0.6) is 0 Å². The van der Waals surface area contributed by atoms with Gasteiger partial charge in [-0.1, -0.05) is 18.2 Å². The second-order valence-electron chi connectivity index (χ2n) is 6.71. The molecule has 0 aliphatic carbocycles. The molecule has 1 N–H and O–H groups in total. The van der Waals surface area contributed by atoms with Crippen LogP contribution in [0.15, 0.2) is 24.3 Å². The van der Waals surface area contributed by atoms with E-state index in [-0.39, 0.29) is 5.91 Å². The van der Waals surface area contributed by atoms with Gasteiger partial charge in [-0.05, 0) is 49.7 Å². The van der Waals surface area contributed by atoms with E-state index in [1.54, 1.807) is 18.2 Å². The zero-order chi connectivity index (χ0) is 16.9. The molecule has 1 aromatic rings. The minimum absolute atomic E-state index is 0.157. The number of hydrogen-bond donors (Lipinski definition) is 1. The van der Waals surface area contributed by atoms with E-state index in [1.807, 2.05) is 11.0 Å². The van der Waals surface area contributed by atoms with Crippen molar-refractivity contribution in [2.45, 2.75) is 44.6 Å². The van der Waals surface area contributed by atoms with Crippen molar-refractivity contribution in [3.63, 3.8) is 0 Å². The van der Waals surface area contributed by atoms with Crippen molar-refractivity contribution in [1.82, 2.24) is 4.90 Å². The smallest absolute Gasteiger partial charge is 0.335 e. The maximum atomic E-state index is 12.7. The van der Waals surface area contributed by atoms with Crippen molar-refractivity contribution in [1.29, 1.82) is 0 Å².